The van der Waals surface area contributed by atoms with Gasteiger partial charge >= 0.3 is 0 Å². The molecule has 2 aromatic heterocycles. The van der Waals surface area contributed by atoms with Crippen LogP contribution in [-0.4, -0.2) is 53.3 Å². The first-order valence-corrected chi connectivity index (χ1v) is 10.2. The minimum absolute atomic E-state index is 0.0692. The molecule has 3 heterocycles. The predicted octanol–water partition coefficient (Wildman–Crippen LogP) is 2.84. The largest absolute Gasteiger partial charge is 0.349 e. The zero-order valence-corrected chi connectivity index (χ0v) is 15.6. The second-order valence-corrected chi connectivity index (χ2v) is 7.80. The molecule has 0 saturated heterocycles. The molecular formula is C18H25N5OS. The maximum Gasteiger partial charge on any atom is 0.258 e. The SMILES string of the molecule is CSNCC1CCC(N2CN(C)C(=O)c3cnc4[nH]ccc4c32)CC1. The summed E-state index contributed by atoms with van der Waals surface area (Å²) in [5.74, 6) is 0.830. The van der Waals surface area contributed by atoms with Crippen molar-refractivity contribution in [3.63, 3.8) is 0 Å². The van der Waals surface area contributed by atoms with Crippen molar-refractivity contribution < 1.29 is 4.79 Å². The lowest BCUT2D eigenvalue weighted by molar-refractivity contribution is 0.0774. The van der Waals surface area contributed by atoms with Crippen LogP contribution in [-0.2, 0) is 0 Å². The Balaban J connectivity index is 1.62. The Morgan fingerprint density at radius 3 is 2.92 bits per heavy atom. The first kappa shape index (κ1) is 16.7. The van der Waals surface area contributed by atoms with Gasteiger partial charge in [-0.05, 0) is 43.9 Å². The highest BCUT2D eigenvalue weighted by Crippen LogP contribution is 2.38. The van der Waals surface area contributed by atoms with Gasteiger partial charge in [0.1, 0.15) is 5.65 Å². The third kappa shape index (κ3) is 3.00. The summed E-state index contributed by atoms with van der Waals surface area (Å²) in [6.07, 6.45) is 10.6. The average Bonchev–Trinajstić information content (AvgIpc) is 3.12. The van der Waals surface area contributed by atoms with Crippen molar-refractivity contribution in [2.75, 3.05) is 31.4 Å². The summed E-state index contributed by atoms with van der Waals surface area (Å²) >= 11 is 1.70. The van der Waals surface area contributed by atoms with Gasteiger partial charge in [-0.15, -0.1) is 0 Å². The van der Waals surface area contributed by atoms with Crippen LogP contribution in [0.15, 0.2) is 18.5 Å². The molecule has 0 atom stereocenters. The Hall–Kier alpha value is -1.73. The summed E-state index contributed by atoms with van der Waals surface area (Å²) < 4.78 is 3.40. The van der Waals surface area contributed by atoms with Crippen LogP contribution in [0.3, 0.4) is 0 Å². The number of hydrogen-bond donors (Lipinski definition) is 2. The average molecular weight is 359 g/mol. The van der Waals surface area contributed by atoms with E-state index in [4.69, 9.17) is 0 Å². The lowest BCUT2D eigenvalue weighted by Gasteiger charge is -2.43. The number of nitrogens with one attached hydrogen (secondary N) is 2. The number of anilines is 1. The standard InChI is InChI=1S/C18H25N5OS/c1-22-11-23(13-5-3-12(4-6-13)9-21-25-2)16-14-7-8-19-17(14)20-10-15(16)18(22)24/h7-8,10,12-13,21H,3-6,9,11H2,1-2H3,(H,19,20). The molecule has 2 aliphatic rings. The number of pyridine rings is 1. The summed E-state index contributed by atoms with van der Waals surface area (Å²) in [4.78, 5) is 24.5. The van der Waals surface area contributed by atoms with Crippen molar-refractivity contribution in [1.29, 1.82) is 0 Å². The first-order chi connectivity index (χ1) is 12.2. The number of amides is 1. The number of fused-ring (bicyclic) bond motifs is 3. The van der Waals surface area contributed by atoms with Gasteiger partial charge in [-0.3, -0.25) is 9.52 Å². The number of aromatic amines is 1. The van der Waals surface area contributed by atoms with Crippen LogP contribution in [0.25, 0.3) is 11.0 Å². The lowest BCUT2D eigenvalue weighted by Crippen LogP contribution is -2.50. The van der Waals surface area contributed by atoms with E-state index in [1.54, 1.807) is 18.1 Å². The fraction of sp³-hybridized carbons (Fsp3) is 0.556. The number of nitrogens with zero attached hydrogens (tertiary/aromatic N) is 3. The molecule has 0 bridgehead atoms. The first-order valence-electron chi connectivity index (χ1n) is 8.93. The summed E-state index contributed by atoms with van der Waals surface area (Å²) in [7, 11) is 1.88. The van der Waals surface area contributed by atoms with Crippen molar-refractivity contribution >= 4 is 34.6 Å². The van der Waals surface area contributed by atoms with Gasteiger partial charge in [-0.25, -0.2) is 4.98 Å². The number of carbonyl (C=O) groups is 1. The third-order valence-electron chi connectivity index (χ3n) is 5.56. The molecule has 7 heteroatoms. The number of rotatable bonds is 4. The molecule has 134 valence electrons. The van der Waals surface area contributed by atoms with E-state index < -0.39 is 0 Å². The van der Waals surface area contributed by atoms with Gasteiger partial charge in [0.25, 0.3) is 5.91 Å². The number of aromatic nitrogens is 2. The summed E-state index contributed by atoms with van der Waals surface area (Å²) in [6.45, 7) is 1.75. The van der Waals surface area contributed by atoms with Crippen molar-refractivity contribution in [1.82, 2.24) is 19.6 Å². The maximum absolute atomic E-state index is 12.6. The van der Waals surface area contributed by atoms with Gasteiger partial charge in [0.15, 0.2) is 0 Å². The van der Waals surface area contributed by atoms with Crippen LogP contribution < -0.4 is 9.62 Å². The molecule has 1 fully saturated rings. The highest BCUT2D eigenvalue weighted by Gasteiger charge is 2.35. The van der Waals surface area contributed by atoms with Crippen molar-refractivity contribution in [3.8, 4) is 0 Å². The van der Waals surface area contributed by atoms with Crippen LogP contribution in [0.4, 0.5) is 5.69 Å². The van der Waals surface area contributed by atoms with E-state index in [2.05, 4.69) is 25.8 Å². The normalized spacial score (nSPS) is 24.0. The molecule has 1 saturated carbocycles. The van der Waals surface area contributed by atoms with Gasteiger partial charge in [-0.1, -0.05) is 11.9 Å². The zero-order valence-electron chi connectivity index (χ0n) is 14.8. The fourth-order valence-corrected chi connectivity index (χ4v) is 4.59. The number of hydrogen-bond acceptors (Lipinski definition) is 5. The summed E-state index contributed by atoms with van der Waals surface area (Å²) in [5, 5.41) is 1.06. The van der Waals surface area contributed by atoms with Gasteiger partial charge in [0, 0.05) is 37.4 Å². The minimum atomic E-state index is 0.0692. The van der Waals surface area contributed by atoms with E-state index >= 15 is 0 Å². The molecule has 0 aromatic carbocycles. The van der Waals surface area contributed by atoms with E-state index in [1.165, 1.54) is 25.7 Å². The van der Waals surface area contributed by atoms with Gasteiger partial charge in [0.05, 0.1) is 17.9 Å². The second kappa shape index (κ2) is 6.88. The molecular weight excluding hydrogens is 334 g/mol. The Morgan fingerprint density at radius 1 is 1.36 bits per heavy atom. The molecule has 0 spiro atoms. The number of H-pyrrole nitrogens is 1. The van der Waals surface area contributed by atoms with E-state index in [9.17, 15) is 4.79 Å². The van der Waals surface area contributed by atoms with E-state index in [-0.39, 0.29) is 5.91 Å². The van der Waals surface area contributed by atoms with Gasteiger partial charge in [0.2, 0.25) is 0 Å². The van der Waals surface area contributed by atoms with E-state index in [1.807, 2.05) is 24.2 Å². The van der Waals surface area contributed by atoms with Crippen LogP contribution in [0.1, 0.15) is 36.0 Å². The molecule has 4 rings (SSSR count). The van der Waals surface area contributed by atoms with Crippen LogP contribution in [0.2, 0.25) is 0 Å². The monoisotopic (exact) mass is 359 g/mol. The van der Waals surface area contributed by atoms with Gasteiger partial charge < -0.3 is 14.8 Å². The van der Waals surface area contributed by atoms with E-state index in [0.717, 1.165) is 34.7 Å². The molecule has 25 heavy (non-hydrogen) atoms. The molecule has 0 unspecified atom stereocenters. The Bertz CT molecular complexity index is 768. The lowest BCUT2D eigenvalue weighted by atomic mass is 9.85. The molecule has 2 N–H and O–H groups in total. The molecule has 1 amide bonds. The molecule has 1 aliphatic carbocycles. The topological polar surface area (TPSA) is 64.3 Å². The summed E-state index contributed by atoms with van der Waals surface area (Å²) in [5.41, 5.74) is 2.66. The highest BCUT2D eigenvalue weighted by atomic mass is 32.2. The zero-order chi connectivity index (χ0) is 17.4. The number of carbonyl (C=O) groups excluding carboxylic acids is 1. The minimum Gasteiger partial charge on any atom is -0.349 e. The van der Waals surface area contributed by atoms with Crippen molar-refractivity contribution in [3.05, 3.63) is 24.0 Å². The Morgan fingerprint density at radius 2 is 2.16 bits per heavy atom. The van der Waals surface area contributed by atoms with Crippen molar-refractivity contribution in [2.45, 2.75) is 31.7 Å². The van der Waals surface area contributed by atoms with Crippen molar-refractivity contribution in [2.24, 2.45) is 5.92 Å². The second-order valence-electron chi connectivity index (χ2n) is 7.10. The predicted molar refractivity (Wildman–Crippen MR) is 103 cm³/mol. The van der Waals surface area contributed by atoms with Crippen LogP contribution >= 0.6 is 11.9 Å². The Kier molecular flexibility index (Phi) is 4.60. The quantitative estimate of drug-likeness (QED) is 0.822. The fourth-order valence-electron chi connectivity index (χ4n) is 4.19. The van der Waals surface area contributed by atoms with Crippen LogP contribution in [0.5, 0.6) is 0 Å². The smallest absolute Gasteiger partial charge is 0.258 e. The Labute approximate surface area is 152 Å². The maximum atomic E-state index is 12.6. The van der Waals surface area contributed by atoms with Gasteiger partial charge in [-0.2, -0.15) is 0 Å². The summed E-state index contributed by atoms with van der Waals surface area (Å²) in [6, 6.07) is 2.53. The molecule has 1 aliphatic heterocycles. The van der Waals surface area contributed by atoms with E-state index in [0.29, 0.717) is 12.7 Å². The molecule has 0 radical (unpaired) electrons. The highest BCUT2D eigenvalue weighted by molar-refractivity contribution is 7.96. The third-order valence-corrected chi connectivity index (χ3v) is 6.02. The van der Waals surface area contributed by atoms with Crippen LogP contribution in [0, 0.1) is 5.92 Å². The molecule has 2 aromatic rings. The molecule has 6 nitrogen and oxygen atoms in total.